The van der Waals surface area contributed by atoms with Gasteiger partial charge in [0.25, 0.3) is 0 Å². The first-order valence-corrected chi connectivity index (χ1v) is 7.73. The van der Waals surface area contributed by atoms with Gasteiger partial charge in [0.2, 0.25) is 0 Å². The molecular formula is C13H9F5N2O2S. The molecule has 10 heteroatoms. The van der Waals surface area contributed by atoms with Crippen molar-refractivity contribution in [2.24, 2.45) is 0 Å². The molecule has 23 heavy (non-hydrogen) atoms. The monoisotopic (exact) mass is 352 g/mol. The third-order valence-corrected chi connectivity index (χ3v) is 4.26. The van der Waals surface area contributed by atoms with Crippen LogP contribution in [-0.2, 0) is 21.8 Å². The zero-order valence-corrected chi connectivity index (χ0v) is 12.3. The maximum atomic E-state index is 13.1. The predicted molar refractivity (Wildman–Crippen MR) is 69.0 cm³/mol. The molecule has 2 aromatic rings. The lowest BCUT2D eigenvalue weighted by atomic mass is 10.2. The summed E-state index contributed by atoms with van der Waals surface area (Å²) in [5.74, 6) is -3.27. The Morgan fingerprint density at radius 1 is 1.00 bits per heavy atom. The van der Waals surface area contributed by atoms with E-state index in [1.54, 1.807) is 0 Å². The zero-order valence-electron chi connectivity index (χ0n) is 11.5. The molecule has 0 unspecified atom stereocenters. The first kappa shape index (κ1) is 17.3. The number of benzene rings is 1. The molecule has 1 aromatic carbocycles. The second-order valence-corrected chi connectivity index (χ2v) is 6.61. The van der Waals surface area contributed by atoms with Gasteiger partial charge in [-0.15, -0.1) is 0 Å². The Balaban J connectivity index is 2.45. The van der Waals surface area contributed by atoms with Gasteiger partial charge in [-0.05, 0) is 24.6 Å². The van der Waals surface area contributed by atoms with E-state index in [2.05, 4.69) is 9.97 Å². The molecule has 0 bridgehead atoms. The van der Waals surface area contributed by atoms with E-state index in [1.807, 2.05) is 0 Å². The van der Waals surface area contributed by atoms with Crippen LogP contribution in [-0.4, -0.2) is 18.4 Å². The molecule has 2 rings (SSSR count). The first-order valence-electron chi connectivity index (χ1n) is 6.08. The number of hydrogen-bond donors (Lipinski definition) is 0. The van der Waals surface area contributed by atoms with Crippen molar-refractivity contribution in [2.45, 2.75) is 23.9 Å². The van der Waals surface area contributed by atoms with E-state index in [4.69, 9.17) is 0 Å². The number of nitrogens with zero attached hydrogens (tertiary/aromatic N) is 2. The fourth-order valence-electron chi connectivity index (χ4n) is 1.83. The summed E-state index contributed by atoms with van der Waals surface area (Å²) in [5.41, 5.74) is -1.65. The molecule has 1 aromatic heterocycles. The fourth-order valence-corrected chi connectivity index (χ4v) is 3.15. The minimum atomic E-state index is -4.84. The lowest BCUT2D eigenvalue weighted by molar-refractivity contribution is -0.141. The molecule has 0 saturated heterocycles. The standard InChI is InChI=1S/C13H9F5N2O2S/c1-7-19-11(13(16,17)18)5-12(20-7)23(21,22)6-8-2-9(14)4-10(15)3-8/h2-5H,6H2,1H3. The molecule has 0 spiro atoms. The van der Waals surface area contributed by atoms with Crippen molar-refractivity contribution < 1.29 is 30.4 Å². The summed E-state index contributed by atoms with van der Waals surface area (Å²) in [4.78, 5) is 6.61. The van der Waals surface area contributed by atoms with Crippen LogP contribution in [0.2, 0.25) is 0 Å². The number of rotatable bonds is 3. The van der Waals surface area contributed by atoms with E-state index < -0.39 is 44.1 Å². The number of halogens is 5. The summed E-state index contributed by atoms with van der Waals surface area (Å²) >= 11 is 0. The predicted octanol–water partition coefficient (Wildman–Crippen LogP) is 3.06. The van der Waals surface area contributed by atoms with Crippen LogP contribution in [0.25, 0.3) is 0 Å². The maximum Gasteiger partial charge on any atom is 0.433 e. The van der Waals surface area contributed by atoms with Gasteiger partial charge in [0.05, 0.1) is 5.75 Å². The van der Waals surface area contributed by atoms with Gasteiger partial charge in [-0.2, -0.15) is 13.2 Å². The average molecular weight is 352 g/mol. The molecule has 0 N–H and O–H groups in total. The van der Waals surface area contributed by atoms with E-state index >= 15 is 0 Å². The number of alkyl halides is 3. The Morgan fingerprint density at radius 3 is 2.09 bits per heavy atom. The molecular weight excluding hydrogens is 343 g/mol. The van der Waals surface area contributed by atoms with E-state index in [0.29, 0.717) is 6.07 Å². The van der Waals surface area contributed by atoms with Crippen molar-refractivity contribution in [1.29, 1.82) is 0 Å². The second kappa shape index (κ2) is 5.84. The van der Waals surface area contributed by atoms with E-state index in [0.717, 1.165) is 19.1 Å². The Morgan fingerprint density at radius 2 is 1.57 bits per heavy atom. The molecule has 0 radical (unpaired) electrons. The van der Waals surface area contributed by atoms with Gasteiger partial charge >= 0.3 is 6.18 Å². The van der Waals surface area contributed by atoms with Crippen LogP contribution in [0.1, 0.15) is 17.1 Å². The minimum Gasteiger partial charge on any atom is -0.229 e. The number of hydrogen-bond acceptors (Lipinski definition) is 4. The van der Waals surface area contributed by atoms with Crippen molar-refractivity contribution in [3.8, 4) is 0 Å². The Bertz CT molecular complexity index is 830. The first-order chi connectivity index (χ1) is 10.5. The summed E-state index contributed by atoms with van der Waals surface area (Å²) in [6.07, 6.45) is -4.84. The molecule has 0 aliphatic carbocycles. The fraction of sp³-hybridized carbons (Fsp3) is 0.231. The molecule has 0 saturated carbocycles. The van der Waals surface area contributed by atoms with Crippen molar-refractivity contribution >= 4 is 9.84 Å². The number of aromatic nitrogens is 2. The molecule has 1 heterocycles. The van der Waals surface area contributed by atoms with Crippen molar-refractivity contribution in [3.63, 3.8) is 0 Å². The van der Waals surface area contributed by atoms with Crippen LogP contribution in [0, 0.1) is 18.6 Å². The van der Waals surface area contributed by atoms with Crippen LogP contribution in [0.15, 0.2) is 29.3 Å². The third kappa shape index (κ3) is 4.21. The van der Waals surface area contributed by atoms with Crippen LogP contribution >= 0.6 is 0 Å². The summed E-state index contributed by atoms with van der Waals surface area (Å²) in [6.45, 7) is 1.11. The second-order valence-electron chi connectivity index (χ2n) is 4.67. The Kier molecular flexibility index (Phi) is 4.38. The minimum absolute atomic E-state index is 0.243. The summed E-state index contributed by atoms with van der Waals surface area (Å²) in [7, 11) is -4.34. The zero-order chi connectivity index (χ0) is 17.4. The van der Waals surface area contributed by atoms with Crippen molar-refractivity contribution in [3.05, 3.63) is 53.0 Å². The van der Waals surface area contributed by atoms with Gasteiger partial charge in [-0.1, -0.05) is 0 Å². The van der Waals surface area contributed by atoms with Gasteiger partial charge in [0.15, 0.2) is 14.9 Å². The highest BCUT2D eigenvalue weighted by Crippen LogP contribution is 2.29. The Hall–Kier alpha value is -2.10. The van der Waals surface area contributed by atoms with E-state index in [9.17, 15) is 30.4 Å². The molecule has 4 nitrogen and oxygen atoms in total. The van der Waals surface area contributed by atoms with E-state index in [-0.39, 0.29) is 17.5 Å². The topological polar surface area (TPSA) is 59.9 Å². The lowest BCUT2D eigenvalue weighted by Crippen LogP contribution is -2.15. The van der Waals surface area contributed by atoms with Crippen LogP contribution in [0.4, 0.5) is 22.0 Å². The highest BCUT2D eigenvalue weighted by atomic mass is 32.2. The van der Waals surface area contributed by atoms with E-state index in [1.165, 1.54) is 0 Å². The van der Waals surface area contributed by atoms with Gasteiger partial charge in [-0.25, -0.2) is 27.2 Å². The van der Waals surface area contributed by atoms with Crippen molar-refractivity contribution in [1.82, 2.24) is 9.97 Å². The van der Waals surface area contributed by atoms with Gasteiger partial charge in [0, 0.05) is 12.1 Å². The molecule has 0 aliphatic rings. The average Bonchev–Trinajstić information content (AvgIpc) is 2.34. The molecule has 124 valence electrons. The maximum absolute atomic E-state index is 13.1. The van der Waals surface area contributed by atoms with Crippen LogP contribution in [0.3, 0.4) is 0 Å². The van der Waals surface area contributed by atoms with Crippen LogP contribution < -0.4 is 0 Å². The van der Waals surface area contributed by atoms with Crippen molar-refractivity contribution in [2.75, 3.05) is 0 Å². The highest BCUT2D eigenvalue weighted by molar-refractivity contribution is 7.90. The lowest BCUT2D eigenvalue weighted by Gasteiger charge is -2.09. The Labute approximate surface area is 127 Å². The molecule has 0 fully saturated rings. The van der Waals surface area contributed by atoms with Gasteiger partial charge < -0.3 is 0 Å². The number of aryl methyl sites for hydroxylation is 1. The quantitative estimate of drug-likeness (QED) is 0.629. The third-order valence-electron chi connectivity index (χ3n) is 2.70. The molecule has 0 aliphatic heterocycles. The summed E-state index contributed by atoms with van der Waals surface area (Å²) < 4.78 is 88.5. The largest absolute Gasteiger partial charge is 0.433 e. The highest BCUT2D eigenvalue weighted by Gasteiger charge is 2.34. The summed E-state index contributed by atoms with van der Waals surface area (Å²) in [5, 5.41) is -0.859. The summed E-state index contributed by atoms with van der Waals surface area (Å²) in [6, 6.07) is 2.39. The van der Waals surface area contributed by atoms with Gasteiger partial charge in [-0.3, -0.25) is 0 Å². The van der Waals surface area contributed by atoms with Gasteiger partial charge in [0.1, 0.15) is 23.2 Å². The number of sulfone groups is 1. The molecule has 0 atom stereocenters. The normalized spacial score (nSPS) is 12.4. The SMILES string of the molecule is Cc1nc(C(F)(F)F)cc(S(=O)(=O)Cc2cc(F)cc(F)c2)n1. The smallest absolute Gasteiger partial charge is 0.229 e. The van der Waals surface area contributed by atoms with Crippen LogP contribution in [0.5, 0.6) is 0 Å². The molecule has 0 amide bonds.